The smallest absolute Gasteiger partial charge is 0.262 e. The molecule has 1 aromatic rings. The van der Waals surface area contributed by atoms with E-state index in [-0.39, 0.29) is 18.4 Å². The monoisotopic (exact) mass is 275 g/mol. The Morgan fingerprint density at radius 1 is 1.20 bits per heavy atom. The third kappa shape index (κ3) is 2.23. The molecule has 2 saturated heterocycles. The van der Waals surface area contributed by atoms with Gasteiger partial charge in [-0.15, -0.1) is 0 Å². The number of nitrogens with zero attached hydrogens (tertiary/aromatic N) is 1. The van der Waals surface area contributed by atoms with Gasteiger partial charge >= 0.3 is 0 Å². The fraction of sp³-hybridized carbons (Fsp3) is 0.467. The zero-order valence-electron chi connectivity index (χ0n) is 11.1. The molecular formula is C15H17NO4. The van der Waals surface area contributed by atoms with Crippen LogP contribution in [0.15, 0.2) is 24.3 Å². The minimum absolute atomic E-state index is 0.129. The summed E-state index contributed by atoms with van der Waals surface area (Å²) in [6.45, 7) is 0.129. The summed E-state index contributed by atoms with van der Waals surface area (Å²) >= 11 is 0. The molecule has 3 rings (SSSR count). The van der Waals surface area contributed by atoms with E-state index >= 15 is 0 Å². The molecule has 106 valence electrons. The van der Waals surface area contributed by atoms with E-state index in [1.54, 1.807) is 6.07 Å². The van der Waals surface area contributed by atoms with Gasteiger partial charge in [0.2, 0.25) is 0 Å². The van der Waals surface area contributed by atoms with Gasteiger partial charge in [0.1, 0.15) is 12.2 Å². The second-order valence-electron chi connectivity index (χ2n) is 5.20. The van der Waals surface area contributed by atoms with E-state index in [9.17, 15) is 9.59 Å². The number of fused-ring (bicyclic) bond motifs is 2. The van der Waals surface area contributed by atoms with Crippen molar-refractivity contribution in [3.05, 3.63) is 29.8 Å². The standard InChI is InChI=1S/C15H17NO4/c17-8-2-4-10-3-1-5-11(9-10)16-14(18)12-6-7-13(20-12)15(16)19/h1,3,5,9,12-13,17H,2,4,6-8H2. The fourth-order valence-electron chi connectivity index (χ4n) is 2.79. The van der Waals surface area contributed by atoms with Gasteiger partial charge in [0.05, 0.1) is 5.69 Å². The molecule has 0 aliphatic carbocycles. The highest BCUT2D eigenvalue weighted by atomic mass is 16.5. The highest BCUT2D eigenvalue weighted by molar-refractivity contribution is 6.19. The van der Waals surface area contributed by atoms with Crippen LogP contribution in [0.2, 0.25) is 0 Å². The molecule has 20 heavy (non-hydrogen) atoms. The summed E-state index contributed by atoms with van der Waals surface area (Å²) in [5, 5.41) is 8.87. The Morgan fingerprint density at radius 3 is 2.55 bits per heavy atom. The van der Waals surface area contributed by atoms with Gasteiger partial charge in [-0.1, -0.05) is 12.1 Å². The van der Waals surface area contributed by atoms with Gasteiger partial charge in [0, 0.05) is 6.61 Å². The van der Waals surface area contributed by atoms with Crippen molar-refractivity contribution in [2.45, 2.75) is 37.9 Å². The number of aliphatic hydroxyl groups excluding tert-OH is 1. The van der Waals surface area contributed by atoms with Gasteiger partial charge in [-0.3, -0.25) is 9.59 Å². The third-order valence-electron chi connectivity index (χ3n) is 3.80. The van der Waals surface area contributed by atoms with Crippen LogP contribution in [-0.2, 0) is 20.7 Å². The second kappa shape index (κ2) is 5.34. The first-order chi connectivity index (χ1) is 9.70. The number of hydrogen-bond donors (Lipinski definition) is 1. The average molecular weight is 275 g/mol. The molecule has 2 amide bonds. The predicted octanol–water partition coefficient (Wildman–Crippen LogP) is 1.03. The van der Waals surface area contributed by atoms with E-state index in [2.05, 4.69) is 0 Å². The minimum Gasteiger partial charge on any atom is -0.396 e. The first-order valence-corrected chi connectivity index (χ1v) is 6.94. The molecule has 2 atom stereocenters. The van der Waals surface area contributed by atoms with E-state index < -0.39 is 12.2 Å². The number of aliphatic hydroxyl groups is 1. The topological polar surface area (TPSA) is 66.8 Å². The Hall–Kier alpha value is -1.72. The van der Waals surface area contributed by atoms with Gasteiger partial charge in [-0.05, 0) is 43.4 Å². The Kier molecular flexibility index (Phi) is 3.54. The Labute approximate surface area is 117 Å². The van der Waals surface area contributed by atoms with Crippen molar-refractivity contribution < 1.29 is 19.4 Å². The number of hydrogen-bond acceptors (Lipinski definition) is 4. The number of amides is 2. The molecule has 0 radical (unpaired) electrons. The molecule has 2 bridgehead atoms. The molecule has 0 spiro atoms. The zero-order valence-corrected chi connectivity index (χ0v) is 11.1. The Morgan fingerprint density at radius 2 is 1.90 bits per heavy atom. The van der Waals surface area contributed by atoms with Gasteiger partial charge in [-0.25, -0.2) is 4.90 Å². The van der Waals surface area contributed by atoms with Crippen LogP contribution in [0.3, 0.4) is 0 Å². The van der Waals surface area contributed by atoms with Crippen LogP contribution in [0.4, 0.5) is 5.69 Å². The lowest BCUT2D eigenvalue weighted by molar-refractivity contribution is -0.146. The van der Waals surface area contributed by atoms with Crippen molar-refractivity contribution in [3.63, 3.8) is 0 Å². The summed E-state index contributed by atoms with van der Waals surface area (Å²) in [6.07, 6.45) is 1.69. The van der Waals surface area contributed by atoms with Crippen LogP contribution >= 0.6 is 0 Å². The number of aryl methyl sites for hydroxylation is 1. The number of carbonyl (C=O) groups is 2. The summed E-state index contributed by atoms with van der Waals surface area (Å²) in [5.74, 6) is -0.522. The normalized spacial score (nSPS) is 25.4. The van der Waals surface area contributed by atoms with E-state index in [0.29, 0.717) is 24.9 Å². The maximum atomic E-state index is 12.3. The fourth-order valence-corrected chi connectivity index (χ4v) is 2.79. The Bertz CT molecular complexity index is 520. The minimum atomic E-state index is -0.473. The van der Waals surface area contributed by atoms with Crippen LogP contribution in [0, 0.1) is 0 Å². The molecule has 2 fully saturated rings. The predicted molar refractivity (Wildman–Crippen MR) is 72.2 cm³/mol. The second-order valence-corrected chi connectivity index (χ2v) is 5.20. The number of imide groups is 1. The molecular weight excluding hydrogens is 258 g/mol. The summed E-state index contributed by atoms with van der Waals surface area (Å²) in [4.78, 5) is 25.8. The van der Waals surface area contributed by atoms with Gasteiger partial charge in [0.15, 0.2) is 0 Å². The molecule has 0 saturated carbocycles. The van der Waals surface area contributed by atoms with Crippen LogP contribution in [-0.4, -0.2) is 35.7 Å². The zero-order chi connectivity index (χ0) is 14.1. The molecule has 2 unspecified atom stereocenters. The third-order valence-corrected chi connectivity index (χ3v) is 3.80. The molecule has 2 aliphatic heterocycles. The number of morpholine rings is 1. The van der Waals surface area contributed by atoms with Crippen LogP contribution in [0.1, 0.15) is 24.8 Å². The lowest BCUT2D eigenvalue weighted by Crippen LogP contribution is -2.52. The first-order valence-electron chi connectivity index (χ1n) is 6.94. The van der Waals surface area contributed by atoms with Gasteiger partial charge < -0.3 is 9.84 Å². The van der Waals surface area contributed by atoms with Crippen LogP contribution in [0.25, 0.3) is 0 Å². The number of rotatable bonds is 4. The average Bonchev–Trinajstić information content (AvgIpc) is 2.91. The number of anilines is 1. The van der Waals surface area contributed by atoms with Crippen LogP contribution in [0.5, 0.6) is 0 Å². The molecule has 2 aliphatic rings. The van der Waals surface area contributed by atoms with Crippen molar-refractivity contribution in [2.75, 3.05) is 11.5 Å². The van der Waals surface area contributed by atoms with E-state index in [1.165, 1.54) is 4.90 Å². The SMILES string of the molecule is O=C1C2CCC(O2)C(=O)N1c1cccc(CCCO)c1. The van der Waals surface area contributed by atoms with Crippen LogP contribution < -0.4 is 4.90 Å². The Balaban J connectivity index is 1.88. The molecule has 5 heteroatoms. The van der Waals surface area contributed by atoms with Crippen molar-refractivity contribution in [1.82, 2.24) is 0 Å². The molecule has 1 aromatic carbocycles. The highest BCUT2D eigenvalue weighted by Crippen LogP contribution is 2.32. The molecule has 0 aromatic heterocycles. The van der Waals surface area contributed by atoms with E-state index in [4.69, 9.17) is 9.84 Å². The maximum absolute atomic E-state index is 12.3. The van der Waals surface area contributed by atoms with Gasteiger partial charge in [0.25, 0.3) is 11.8 Å². The van der Waals surface area contributed by atoms with Crippen molar-refractivity contribution >= 4 is 17.5 Å². The molecule has 2 heterocycles. The summed E-state index contributed by atoms with van der Waals surface area (Å²) in [5.41, 5.74) is 1.62. The summed E-state index contributed by atoms with van der Waals surface area (Å²) in [7, 11) is 0. The van der Waals surface area contributed by atoms with E-state index in [1.807, 2.05) is 18.2 Å². The molecule has 1 N–H and O–H groups in total. The lowest BCUT2D eigenvalue weighted by atomic mass is 10.1. The molecule has 5 nitrogen and oxygen atoms in total. The summed E-state index contributed by atoms with van der Waals surface area (Å²) in [6, 6.07) is 7.38. The largest absolute Gasteiger partial charge is 0.396 e. The quantitative estimate of drug-likeness (QED) is 0.834. The number of ether oxygens (including phenoxy) is 1. The summed E-state index contributed by atoms with van der Waals surface area (Å²) < 4.78 is 5.39. The van der Waals surface area contributed by atoms with Crippen molar-refractivity contribution in [2.24, 2.45) is 0 Å². The first kappa shape index (κ1) is 13.3. The van der Waals surface area contributed by atoms with Gasteiger partial charge in [-0.2, -0.15) is 0 Å². The van der Waals surface area contributed by atoms with Crippen molar-refractivity contribution in [1.29, 1.82) is 0 Å². The maximum Gasteiger partial charge on any atom is 0.262 e. The highest BCUT2D eigenvalue weighted by Gasteiger charge is 2.47. The number of carbonyl (C=O) groups excluding carboxylic acids is 2. The van der Waals surface area contributed by atoms with Crippen molar-refractivity contribution in [3.8, 4) is 0 Å². The number of benzene rings is 1. The van der Waals surface area contributed by atoms with E-state index in [0.717, 1.165) is 12.0 Å². The lowest BCUT2D eigenvalue weighted by Gasteiger charge is -2.30.